The lowest BCUT2D eigenvalue weighted by molar-refractivity contribution is -0.130. The number of nitrogens with one attached hydrogen (secondary N) is 1. The van der Waals surface area contributed by atoms with Crippen LogP contribution >= 0.6 is 11.3 Å². The third kappa shape index (κ3) is 8.42. The third-order valence-electron chi connectivity index (χ3n) is 7.74. The molecule has 0 unspecified atom stereocenters. The molecular formula is C35H37FN4O5S. The fourth-order valence-electron chi connectivity index (χ4n) is 5.15. The van der Waals surface area contributed by atoms with Crippen molar-refractivity contribution in [2.24, 2.45) is 0 Å². The SMILES string of the molecule is COCCNCCC(=O)N1CC=C(c2cc3nccc(Oc4ccc(CC(=O)CC(=O)N(C)c5ccccc5)cc4F)c3s2)CC1. The fraction of sp³-hybridized carbons (Fsp3) is 0.314. The van der Waals surface area contributed by atoms with Crippen LogP contribution in [0.5, 0.6) is 11.5 Å². The predicted octanol–water partition coefficient (Wildman–Crippen LogP) is 5.63. The zero-order valence-electron chi connectivity index (χ0n) is 26.0. The fourth-order valence-corrected chi connectivity index (χ4v) is 6.29. The maximum atomic E-state index is 15.2. The standard InChI is InChI=1S/C35H37FN4O5S/c1-39(26-6-4-3-5-7-26)34(43)22-27(41)20-24-8-9-30(28(36)21-24)45-31-10-15-38-29-23-32(46-35(29)31)25-12-17-40(18-13-25)33(42)11-14-37-16-19-44-2/h3-10,12,15,21,23,37H,11,13-14,16-20,22H2,1-2H3. The molecule has 1 aliphatic rings. The number of ether oxygens (including phenoxy) is 2. The Balaban J connectivity index is 1.19. The summed E-state index contributed by atoms with van der Waals surface area (Å²) < 4.78 is 27.0. The largest absolute Gasteiger partial charge is 0.453 e. The Kier molecular flexibility index (Phi) is 11.2. The molecule has 1 aliphatic heterocycles. The topological polar surface area (TPSA) is 101 Å². The molecule has 2 amide bonds. The van der Waals surface area contributed by atoms with E-state index < -0.39 is 5.82 Å². The number of fused-ring (bicyclic) bond motifs is 1. The Labute approximate surface area is 271 Å². The van der Waals surface area contributed by atoms with E-state index in [0.29, 0.717) is 49.7 Å². The highest BCUT2D eigenvalue weighted by Crippen LogP contribution is 2.39. The van der Waals surface area contributed by atoms with Gasteiger partial charge in [-0.05, 0) is 47.9 Å². The molecule has 0 bridgehead atoms. The van der Waals surface area contributed by atoms with E-state index in [1.165, 1.54) is 28.4 Å². The van der Waals surface area contributed by atoms with E-state index in [0.717, 1.165) is 33.6 Å². The highest BCUT2D eigenvalue weighted by Gasteiger charge is 2.21. The molecule has 1 N–H and O–H groups in total. The number of halogens is 1. The lowest BCUT2D eigenvalue weighted by Gasteiger charge is -2.26. The quantitative estimate of drug-likeness (QED) is 0.140. The Bertz CT molecular complexity index is 1720. The molecule has 0 saturated carbocycles. The van der Waals surface area contributed by atoms with Crippen LogP contribution in [0.15, 0.2) is 72.9 Å². The number of amides is 2. The number of hydrogen-bond acceptors (Lipinski definition) is 8. The van der Waals surface area contributed by atoms with Crippen LogP contribution in [0.2, 0.25) is 0 Å². The first-order chi connectivity index (χ1) is 22.3. The van der Waals surface area contributed by atoms with Crippen molar-refractivity contribution in [1.82, 2.24) is 15.2 Å². The van der Waals surface area contributed by atoms with E-state index in [2.05, 4.69) is 16.4 Å². The zero-order valence-corrected chi connectivity index (χ0v) is 26.8. The van der Waals surface area contributed by atoms with Crippen LogP contribution in [0, 0.1) is 5.82 Å². The number of rotatable bonds is 14. The second kappa shape index (κ2) is 15.7. The van der Waals surface area contributed by atoms with E-state index in [4.69, 9.17) is 9.47 Å². The monoisotopic (exact) mass is 644 g/mol. The number of para-hydroxylation sites is 1. The summed E-state index contributed by atoms with van der Waals surface area (Å²) in [6.07, 6.45) is 4.53. The highest BCUT2D eigenvalue weighted by molar-refractivity contribution is 7.20. The first kappa shape index (κ1) is 32.9. The minimum absolute atomic E-state index is 0.0290. The van der Waals surface area contributed by atoms with Crippen molar-refractivity contribution in [3.63, 3.8) is 0 Å². The smallest absolute Gasteiger partial charge is 0.234 e. The number of benzene rings is 2. The first-order valence-corrected chi connectivity index (χ1v) is 16.0. The average molecular weight is 645 g/mol. The Morgan fingerprint density at radius 3 is 2.63 bits per heavy atom. The Hall–Kier alpha value is -4.45. The molecule has 2 aromatic heterocycles. The number of anilines is 1. The number of pyridine rings is 1. The van der Waals surface area contributed by atoms with Crippen LogP contribution in [0.1, 0.15) is 29.7 Å². The van der Waals surface area contributed by atoms with Crippen molar-refractivity contribution in [3.05, 3.63) is 89.2 Å². The number of hydrogen-bond donors (Lipinski definition) is 1. The number of carbonyl (C=O) groups excluding carboxylic acids is 3. The molecule has 11 heteroatoms. The molecule has 0 saturated heterocycles. The third-order valence-corrected chi connectivity index (χ3v) is 8.95. The number of thiophene rings is 1. The average Bonchev–Trinajstić information content (AvgIpc) is 3.51. The molecule has 5 rings (SSSR count). The summed E-state index contributed by atoms with van der Waals surface area (Å²) in [6.45, 7) is 3.15. The van der Waals surface area contributed by atoms with Crippen LogP contribution in [0.4, 0.5) is 10.1 Å². The van der Waals surface area contributed by atoms with Gasteiger partial charge in [-0.15, -0.1) is 11.3 Å². The van der Waals surface area contributed by atoms with Crippen molar-refractivity contribution in [3.8, 4) is 11.5 Å². The van der Waals surface area contributed by atoms with Gasteiger partial charge in [0.25, 0.3) is 0 Å². The summed E-state index contributed by atoms with van der Waals surface area (Å²) >= 11 is 1.52. The number of carbonyl (C=O) groups is 3. The van der Waals surface area contributed by atoms with Gasteiger partial charge < -0.3 is 24.6 Å². The number of ketones is 1. The van der Waals surface area contributed by atoms with E-state index in [1.807, 2.05) is 29.2 Å². The molecule has 0 radical (unpaired) electrons. The van der Waals surface area contributed by atoms with Crippen LogP contribution in [0.3, 0.4) is 0 Å². The maximum Gasteiger partial charge on any atom is 0.234 e. The van der Waals surface area contributed by atoms with Gasteiger partial charge in [-0.1, -0.05) is 30.3 Å². The van der Waals surface area contributed by atoms with Crippen LogP contribution in [-0.2, 0) is 25.5 Å². The first-order valence-electron chi connectivity index (χ1n) is 15.2. The molecule has 0 fully saturated rings. The van der Waals surface area contributed by atoms with Gasteiger partial charge in [0.05, 0.1) is 23.2 Å². The van der Waals surface area contributed by atoms with Gasteiger partial charge in [0.2, 0.25) is 11.8 Å². The van der Waals surface area contributed by atoms with Gasteiger partial charge in [-0.2, -0.15) is 0 Å². The normalized spacial score (nSPS) is 13.0. The number of aromatic nitrogens is 1. The van der Waals surface area contributed by atoms with Gasteiger partial charge in [0.1, 0.15) is 11.5 Å². The van der Waals surface area contributed by atoms with E-state index in [9.17, 15) is 14.4 Å². The van der Waals surface area contributed by atoms with Crippen molar-refractivity contribution in [2.45, 2.75) is 25.7 Å². The van der Waals surface area contributed by atoms with Crippen molar-refractivity contribution in [2.75, 3.05) is 51.8 Å². The summed E-state index contributed by atoms with van der Waals surface area (Å²) in [6, 6.07) is 17.2. The molecule has 0 spiro atoms. The summed E-state index contributed by atoms with van der Waals surface area (Å²) in [5.41, 5.74) is 3.04. The molecular weight excluding hydrogens is 607 g/mol. The maximum absolute atomic E-state index is 15.2. The Morgan fingerprint density at radius 1 is 1.07 bits per heavy atom. The van der Waals surface area contributed by atoms with Gasteiger partial charge in [0.15, 0.2) is 11.6 Å². The van der Waals surface area contributed by atoms with Crippen LogP contribution in [0.25, 0.3) is 15.8 Å². The zero-order chi connectivity index (χ0) is 32.5. The lowest BCUT2D eigenvalue weighted by Crippen LogP contribution is -2.36. The number of Topliss-reactive ketones (excluding diaryl/α,β-unsaturated/α-hetero) is 1. The van der Waals surface area contributed by atoms with Gasteiger partial charge in [0, 0.05) is 76.0 Å². The van der Waals surface area contributed by atoms with Gasteiger partial charge >= 0.3 is 0 Å². The van der Waals surface area contributed by atoms with Crippen molar-refractivity contribution < 1.29 is 28.2 Å². The highest BCUT2D eigenvalue weighted by atomic mass is 32.1. The van der Waals surface area contributed by atoms with Crippen molar-refractivity contribution in [1.29, 1.82) is 0 Å². The molecule has 2 aromatic carbocycles. The molecule has 0 atom stereocenters. The minimum Gasteiger partial charge on any atom is -0.453 e. The second-order valence-electron chi connectivity index (χ2n) is 11.0. The van der Waals surface area contributed by atoms with Crippen LogP contribution in [-0.4, -0.2) is 74.4 Å². The Morgan fingerprint density at radius 2 is 1.89 bits per heavy atom. The van der Waals surface area contributed by atoms with Gasteiger partial charge in [-0.3, -0.25) is 19.4 Å². The summed E-state index contributed by atoms with van der Waals surface area (Å²) in [4.78, 5) is 46.6. The van der Waals surface area contributed by atoms with E-state index in [-0.39, 0.29) is 36.2 Å². The summed E-state index contributed by atoms with van der Waals surface area (Å²) in [7, 11) is 3.27. The molecule has 46 heavy (non-hydrogen) atoms. The minimum atomic E-state index is -0.603. The molecule has 3 heterocycles. The van der Waals surface area contributed by atoms with E-state index in [1.54, 1.807) is 44.6 Å². The molecule has 0 aliphatic carbocycles. The van der Waals surface area contributed by atoms with Gasteiger partial charge in [-0.25, -0.2) is 4.39 Å². The number of nitrogens with zero attached hydrogens (tertiary/aromatic N) is 3. The second-order valence-corrected chi connectivity index (χ2v) is 12.0. The summed E-state index contributed by atoms with van der Waals surface area (Å²) in [5, 5.41) is 3.20. The lowest BCUT2D eigenvalue weighted by atomic mass is 10.1. The molecule has 9 nitrogen and oxygen atoms in total. The van der Waals surface area contributed by atoms with Crippen molar-refractivity contribution >= 4 is 50.4 Å². The molecule has 4 aromatic rings. The molecule has 240 valence electrons. The van der Waals surface area contributed by atoms with Crippen LogP contribution < -0.4 is 15.0 Å². The van der Waals surface area contributed by atoms with E-state index >= 15 is 4.39 Å². The summed E-state index contributed by atoms with van der Waals surface area (Å²) in [5.74, 6) is -0.606. The predicted molar refractivity (Wildman–Crippen MR) is 178 cm³/mol. The number of methoxy groups -OCH3 is 1.